The number of nitrogens with zero attached hydrogens (tertiary/aromatic N) is 5. The third-order valence-corrected chi connectivity index (χ3v) is 6.54. The van der Waals surface area contributed by atoms with Crippen LogP contribution in [0.15, 0.2) is 53.7 Å². The van der Waals surface area contributed by atoms with Crippen LogP contribution >= 0.6 is 23.4 Å². The highest BCUT2D eigenvalue weighted by Gasteiger charge is 2.20. The largest absolute Gasteiger partial charge is 0.324 e. The second-order valence-electron chi connectivity index (χ2n) is 7.66. The second-order valence-corrected chi connectivity index (χ2v) is 9.01. The van der Waals surface area contributed by atoms with Crippen molar-refractivity contribution in [3.8, 4) is 5.69 Å². The summed E-state index contributed by atoms with van der Waals surface area (Å²) in [5.41, 5.74) is 1.13. The molecule has 33 heavy (non-hydrogen) atoms. The smallest absolute Gasteiger partial charge is 0.271 e. The topological polar surface area (TPSA) is 106 Å². The zero-order valence-corrected chi connectivity index (χ0v) is 19.4. The van der Waals surface area contributed by atoms with E-state index in [1.54, 1.807) is 0 Å². The molecule has 4 rings (SSSR count). The van der Waals surface area contributed by atoms with Crippen LogP contribution in [0.1, 0.15) is 25.1 Å². The number of non-ortho nitro benzene ring substituents is 1. The Kier molecular flexibility index (Phi) is 7.58. The predicted molar refractivity (Wildman–Crippen MR) is 128 cm³/mol. The van der Waals surface area contributed by atoms with Crippen LogP contribution in [0.25, 0.3) is 5.69 Å². The molecule has 172 valence electrons. The monoisotopic (exact) mass is 486 g/mol. The lowest BCUT2D eigenvalue weighted by Crippen LogP contribution is -2.30. The molecule has 0 radical (unpaired) electrons. The molecule has 2 aromatic carbocycles. The third-order valence-electron chi connectivity index (χ3n) is 5.30. The van der Waals surface area contributed by atoms with Gasteiger partial charge in [-0.1, -0.05) is 48.0 Å². The van der Waals surface area contributed by atoms with Gasteiger partial charge in [0.1, 0.15) is 0 Å². The summed E-state index contributed by atoms with van der Waals surface area (Å²) < 4.78 is 1.99. The third kappa shape index (κ3) is 5.89. The fourth-order valence-electron chi connectivity index (χ4n) is 3.69. The van der Waals surface area contributed by atoms with Gasteiger partial charge in [-0.2, -0.15) is 0 Å². The maximum Gasteiger partial charge on any atom is 0.271 e. The van der Waals surface area contributed by atoms with Gasteiger partial charge in [-0.3, -0.25) is 24.4 Å². The van der Waals surface area contributed by atoms with E-state index in [4.69, 9.17) is 11.6 Å². The van der Waals surface area contributed by atoms with Gasteiger partial charge in [0, 0.05) is 17.8 Å². The van der Waals surface area contributed by atoms with Crippen molar-refractivity contribution in [2.45, 2.75) is 31.0 Å². The number of thioether (sulfide) groups is 1. The number of nitro groups is 1. The summed E-state index contributed by atoms with van der Waals surface area (Å²) in [7, 11) is 0. The molecule has 1 aliphatic heterocycles. The number of likely N-dealkylation sites (tertiary alicyclic amines) is 1. The molecule has 0 saturated carbocycles. The van der Waals surface area contributed by atoms with Gasteiger partial charge in [-0.15, -0.1) is 10.2 Å². The van der Waals surface area contributed by atoms with Crippen molar-refractivity contribution >= 4 is 40.6 Å². The van der Waals surface area contributed by atoms with Crippen LogP contribution in [0.5, 0.6) is 0 Å². The van der Waals surface area contributed by atoms with Gasteiger partial charge in [-0.05, 0) is 44.1 Å². The van der Waals surface area contributed by atoms with Gasteiger partial charge in [0.15, 0.2) is 11.0 Å². The first-order valence-corrected chi connectivity index (χ1v) is 12.0. The quantitative estimate of drug-likeness (QED) is 0.283. The summed E-state index contributed by atoms with van der Waals surface area (Å²) in [4.78, 5) is 25.2. The van der Waals surface area contributed by atoms with Crippen LogP contribution in [-0.4, -0.2) is 49.3 Å². The number of amides is 1. The normalized spacial score (nSPS) is 14.2. The predicted octanol–water partition coefficient (Wildman–Crippen LogP) is 4.55. The highest BCUT2D eigenvalue weighted by Crippen LogP contribution is 2.28. The minimum absolute atomic E-state index is 0.0853. The number of piperidine rings is 1. The maximum atomic E-state index is 12.5. The second kappa shape index (κ2) is 10.8. The SMILES string of the molecule is O=C(CSc1nnc(CN2CCCCC2)n1-c1ccccc1)Nc1ccc([N+](=O)[O-])cc1Cl. The molecule has 2 heterocycles. The number of halogens is 1. The Morgan fingerprint density at radius 1 is 1.12 bits per heavy atom. The highest BCUT2D eigenvalue weighted by molar-refractivity contribution is 7.99. The van der Waals surface area contributed by atoms with Crippen molar-refractivity contribution in [1.82, 2.24) is 19.7 Å². The standard InChI is InChI=1S/C22H23ClN6O3S/c23-18-13-17(29(31)32)9-10-19(18)24-21(30)15-33-22-26-25-20(14-27-11-5-2-6-12-27)28(22)16-7-3-1-4-8-16/h1,3-4,7-10,13H,2,5-6,11-12,14-15H2,(H,24,30). The van der Waals surface area contributed by atoms with E-state index in [1.807, 2.05) is 34.9 Å². The molecule has 3 aromatic rings. The number of nitro benzene ring substituents is 1. The van der Waals surface area contributed by atoms with Gasteiger partial charge in [-0.25, -0.2) is 0 Å². The lowest BCUT2D eigenvalue weighted by atomic mass is 10.1. The van der Waals surface area contributed by atoms with E-state index >= 15 is 0 Å². The summed E-state index contributed by atoms with van der Waals surface area (Å²) in [6.07, 6.45) is 3.63. The fourth-order valence-corrected chi connectivity index (χ4v) is 4.68. The number of carbonyl (C=O) groups is 1. The number of hydrogen-bond donors (Lipinski definition) is 1. The summed E-state index contributed by atoms with van der Waals surface area (Å²) >= 11 is 7.35. The molecule has 1 fully saturated rings. The molecule has 0 bridgehead atoms. The number of aromatic nitrogens is 3. The zero-order chi connectivity index (χ0) is 23.2. The Labute approximate surface area is 200 Å². The van der Waals surface area contributed by atoms with Gasteiger partial charge in [0.2, 0.25) is 5.91 Å². The van der Waals surface area contributed by atoms with E-state index in [2.05, 4.69) is 20.4 Å². The molecular formula is C22H23ClN6O3S. The summed E-state index contributed by atoms with van der Waals surface area (Å²) in [6, 6.07) is 13.8. The van der Waals surface area contributed by atoms with E-state index in [9.17, 15) is 14.9 Å². The molecule has 11 heteroatoms. The highest BCUT2D eigenvalue weighted by atomic mass is 35.5. The average molecular weight is 487 g/mol. The summed E-state index contributed by atoms with van der Waals surface area (Å²) in [5.74, 6) is 0.627. The molecule has 0 unspecified atom stereocenters. The number of para-hydroxylation sites is 1. The Hall–Kier alpha value is -2.95. The minimum Gasteiger partial charge on any atom is -0.324 e. The maximum absolute atomic E-state index is 12.5. The summed E-state index contributed by atoms with van der Waals surface area (Å²) in [6.45, 7) is 2.79. The number of anilines is 1. The first-order chi connectivity index (χ1) is 16.0. The van der Waals surface area contributed by atoms with Crippen LogP contribution in [0, 0.1) is 10.1 Å². The van der Waals surface area contributed by atoms with Crippen molar-refractivity contribution in [3.05, 3.63) is 69.5 Å². The molecule has 1 N–H and O–H groups in total. The molecule has 0 spiro atoms. The van der Waals surface area contributed by atoms with Crippen molar-refractivity contribution in [1.29, 1.82) is 0 Å². The molecule has 1 amide bonds. The van der Waals surface area contributed by atoms with Crippen molar-refractivity contribution in [3.63, 3.8) is 0 Å². The number of rotatable bonds is 8. The fraction of sp³-hybridized carbons (Fsp3) is 0.318. The first kappa shape index (κ1) is 23.2. The number of benzene rings is 2. The van der Waals surface area contributed by atoms with Crippen molar-refractivity contribution < 1.29 is 9.72 Å². The Morgan fingerprint density at radius 3 is 2.58 bits per heavy atom. The van der Waals surface area contributed by atoms with Gasteiger partial charge in [0.05, 0.1) is 27.9 Å². The molecule has 9 nitrogen and oxygen atoms in total. The van der Waals surface area contributed by atoms with Crippen LogP contribution in [0.4, 0.5) is 11.4 Å². The Balaban J connectivity index is 1.47. The average Bonchev–Trinajstić information content (AvgIpc) is 3.22. The van der Waals surface area contributed by atoms with E-state index in [0.717, 1.165) is 24.6 Å². The van der Waals surface area contributed by atoms with Crippen LogP contribution in [-0.2, 0) is 11.3 Å². The van der Waals surface area contributed by atoms with Gasteiger partial charge in [0.25, 0.3) is 5.69 Å². The number of hydrogen-bond acceptors (Lipinski definition) is 7. The van der Waals surface area contributed by atoms with Crippen molar-refractivity contribution in [2.75, 3.05) is 24.2 Å². The molecule has 0 aliphatic carbocycles. The lowest BCUT2D eigenvalue weighted by molar-refractivity contribution is -0.384. The molecule has 1 aliphatic rings. The van der Waals surface area contributed by atoms with Gasteiger partial charge >= 0.3 is 0 Å². The first-order valence-electron chi connectivity index (χ1n) is 10.6. The van der Waals surface area contributed by atoms with E-state index in [1.165, 1.54) is 49.2 Å². The molecule has 1 saturated heterocycles. The molecule has 0 atom stereocenters. The Bertz CT molecular complexity index is 1130. The minimum atomic E-state index is -0.536. The number of nitrogens with one attached hydrogen (secondary N) is 1. The van der Waals surface area contributed by atoms with E-state index in [-0.39, 0.29) is 22.4 Å². The molecule has 1 aromatic heterocycles. The van der Waals surface area contributed by atoms with Crippen LogP contribution in [0.3, 0.4) is 0 Å². The van der Waals surface area contributed by atoms with E-state index < -0.39 is 4.92 Å². The van der Waals surface area contributed by atoms with Gasteiger partial charge < -0.3 is 5.32 Å². The molecular weight excluding hydrogens is 464 g/mol. The van der Waals surface area contributed by atoms with Crippen molar-refractivity contribution in [2.24, 2.45) is 0 Å². The number of carbonyl (C=O) groups excluding carboxylic acids is 1. The summed E-state index contributed by atoms with van der Waals surface area (Å²) in [5, 5.41) is 23.1. The van der Waals surface area contributed by atoms with Crippen LogP contribution < -0.4 is 5.32 Å². The Morgan fingerprint density at radius 2 is 1.88 bits per heavy atom. The zero-order valence-electron chi connectivity index (χ0n) is 17.8. The van der Waals surface area contributed by atoms with E-state index in [0.29, 0.717) is 17.4 Å². The lowest BCUT2D eigenvalue weighted by Gasteiger charge is -2.26. The van der Waals surface area contributed by atoms with Crippen LogP contribution in [0.2, 0.25) is 5.02 Å².